The van der Waals surface area contributed by atoms with Crippen molar-refractivity contribution in [1.29, 1.82) is 0 Å². The van der Waals surface area contributed by atoms with Crippen LogP contribution in [0, 0.1) is 13.8 Å². The van der Waals surface area contributed by atoms with Crippen LogP contribution in [0.3, 0.4) is 0 Å². The lowest BCUT2D eigenvalue weighted by Crippen LogP contribution is -2.01. The summed E-state index contributed by atoms with van der Waals surface area (Å²) in [7, 11) is 0. The summed E-state index contributed by atoms with van der Waals surface area (Å²) in [5.41, 5.74) is 5.75. The van der Waals surface area contributed by atoms with E-state index in [0.717, 1.165) is 27.6 Å². The normalized spacial score (nSPS) is 11.2. The first-order valence-corrected chi connectivity index (χ1v) is 10.2. The molecule has 0 atom stereocenters. The molecule has 1 N–H and O–H groups in total. The van der Waals surface area contributed by atoms with Gasteiger partial charge in [0.25, 0.3) is 0 Å². The molecule has 0 fully saturated rings. The SMILES string of the molecule is Cc1cccc(C)c1COc1ccc2c(/C=C/c3ccccc3)cc(C(=O)O)cc2c1. The van der Waals surface area contributed by atoms with E-state index in [2.05, 4.69) is 26.0 Å². The smallest absolute Gasteiger partial charge is 0.335 e. The molecule has 154 valence electrons. The fourth-order valence-electron chi connectivity index (χ4n) is 3.71. The summed E-state index contributed by atoms with van der Waals surface area (Å²) in [6.45, 7) is 4.64. The Bertz CT molecular complexity index is 1250. The molecular weight excluding hydrogens is 384 g/mol. The zero-order valence-electron chi connectivity index (χ0n) is 17.6. The highest BCUT2D eigenvalue weighted by molar-refractivity contribution is 6.00. The first kappa shape index (κ1) is 20.4. The van der Waals surface area contributed by atoms with Gasteiger partial charge in [-0.05, 0) is 76.7 Å². The van der Waals surface area contributed by atoms with Gasteiger partial charge >= 0.3 is 5.97 Å². The minimum absolute atomic E-state index is 0.257. The highest BCUT2D eigenvalue weighted by Crippen LogP contribution is 2.28. The van der Waals surface area contributed by atoms with Crippen LogP contribution < -0.4 is 4.74 Å². The highest BCUT2D eigenvalue weighted by atomic mass is 16.5. The number of hydrogen-bond donors (Lipinski definition) is 1. The van der Waals surface area contributed by atoms with Crippen molar-refractivity contribution in [3.63, 3.8) is 0 Å². The van der Waals surface area contributed by atoms with E-state index < -0.39 is 5.97 Å². The number of carbonyl (C=O) groups is 1. The minimum Gasteiger partial charge on any atom is -0.489 e. The van der Waals surface area contributed by atoms with E-state index in [4.69, 9.17) is 4.74 Å². The average molecular weight is 408 g/mol. The number of carboxylic acids is 1. The molecule has 4 rings (SSSR count). The molecule has 0 unspecified atom stereocenters. The number of benzene rings is 4. The molecule has 0 saturated carbocycles. The maximum absolute atomic E-state index is 11.7. The summed E-state index contributed by atoms with van der Waals surface area (Å²) >= 11 is 0. The monoisotopic (exact) mass is 408 g/mol. The Morgan fingerprint density at radius 2 is 1.61 bits per heavy atom. The number of hydrogen-bond acceptors (Lipinski definition) is 2. The van der Waals surface area contributed by atoms with Crippen molar-refractivity contribution < 1.29 is 14.6 Å². The molecule has 0 aliphatic heterocycles. The molecule has 0 radical (unpaired) electrons. The molecule has 3 heteroatoms. The lowest BCUT2D eigenvalue weighted by molar-refractivity contribution is 0.0697. The van der Waals surface area contributed by atoms with Crippen LogP contribution in [0.5, 0.6) is 5.75 Å². The third-order valence-electron chi connectivity index (χ3n) is 5.49. The van der Waals surface area contributed by atoms with Gasteiger partial charge in [0.15, 0.2) is 0 Å². The molecule has 0 amide bonds. The van der Waals surface area contributed by atoms with E-state index >= 15 is 0 Å². The van der Waals surface area contributed by atoms with E-state index in [1.54, 1.807) is 12.1 Å². The molecule has 3 nitrogen and oxygen atoms in total. The zero-order valence-corrected chi connectivity index (χ0v) is 17.6. The molecule has 0 aliphatic rings. The summed E-state index contributed by atoms with van der Waals surface area (Å²) in [6.07, 6.45) is 3.95. The van der Waals surface area contributed by atoms with E-state index in [1.807, 2.05) is 66.7 Å². The average Bonchev–Trinajstić information content (AvgIpc) is 2.77. The minimum atomic E-state index is -0.946. The molecule has 0 aliphatic carbocycles. The van der Waals surface area contributed by atoms with Crippen LogP contribution in [0.25, 0.3) is 22.9 Å². The van der Waals surface area contributed by atoms with Gasteiger partial charge < -0.3 is 9.84 Å². The van der Waals surface area contributed by atoms with Crippen LogP contribution >= 0.6 is 0 Å². The second kappa shape index (κ2) is 8.88. The first-order valence-electron chi connectivity index (χ1n) is 10.2. The summed E-state index contributed by atoms with van der Waals surface area (Å²) in [6, 6.07) is 25.4. The van der Waals surface area contributed by atoms with Crippen LogP contribution in [0.2, 0.25) is 0 Å². The third kappa shape index (κ3) is 4.67. The molecule has 0 saturated heterocycles. The fourth-order valence-corrected chi connectivity index (χ4v) is 3.71. The molecule has 4 aromatic carbocycles. The fraction of sp³-hybridized carbons (Fsp3) is 0.107. The number of fused-ring (bicyclic) bond motifs is 1. The summed E-state index contributed by atoms with van der Waals surface area (Å²) < 4.78 is 6.07. The lowest BCUT2D eigenvalue weighted by atomic mass is 9.99. The maximum atomic E-state index is 11.7. The Balaban J connectivity index is 1.68. The van der Waals surface area contributed by atoms with Crippen molar-refractivity contribution in [1.82, 2.24) is 0 Å². The van der Waals surface area contributed by atoms with Crippen molar-refractivity contribution >= 4 is 28.9 Å². The van der Waals surface area contributed by atoms with E-state index in [0.29, 0.717) is 6.61 Å². The second-order valence-electron chi connectivity index (χ2n) is 7.66. The number of aromatic carboxylic acids is 1. The predicted molar refractivity (Wildman–Crippen MR) is 127 cm³/mol. The van der Waals surface area contributed by atoms with Gasteiger partial charge in [-0.1, -0.05) is 66.7 Å². The standard InChI is InChI=1S/C28H24O3/c1-19-7-6-8-20(2)27(19)18-31-25-13-14-26-22(12-11-21-9-4-3-5-10-21)15-24(28(29)30)16-23(26)17-25/h3-17H,18H2,1-2H3,(H,29,30)/b12-11+. The molecular formula is C28H24O3. The Morgan fingerprint density at radius 3 is 2.32 bits per heavy atom. The molecule has 31 heavy (non-hydrogen) atoms. The number of aryl methyl sites for hydroxylation is 2. The van der Waals surface area contributed by atoms with Gasteiger partial charge in [-0.25, -0.2) is 4.79 Å². The van der Waals surface area contributed by atoms with E-state index in [9.17, 15) is 9.90 Å². The highest BCUT2D eigenvalue weighted by Gasteiger charge is 2.10. The first-order chi connectivity index (χ1) is 15.0. The molecule has 4 aromatic rings. The van der Waals surface area contributed by atoms with Gasteiger partial charge in [0, 0.05) is 0 Å². The van der Waals surface area contributed by atoms with Gasteiger partial charge in [-0.2, -0.15) is 0 Å². The summed E-state index contributed by atoms with van der Waals surface area (Å²) in [5.74, 6) is -0.228. The van der Waals surface area contributed by atoms with Crippen LogP contribution in [0.4, 0.5) is 0 Å². The van der Waals surface area contributed by atoms with Crippen molar-refractivity contribution in [3.05, 3.63) is 112 Å². The van der Waals surface area contributed by atoms with Crippen LogP contribution in [0.1, 0.15) is 38.2 Å². The van der Waals surface area contributed by atoms with Crippen molar-refractivity contribution in [2.75, 3.05) is 0 Å². The molecule has 0 spiro atoms. The Hall–Kier alpha value is -3.85. The van der Waals surface area contributed by atoms with E-state index in [-0.39, 0.29) is 5.56 Å². The topological polar surface area (TPSA) is 46.5 Å². The lowest BCUT2D eigenvalue weighted by Gasteiger charge is -2.13. The van der Waals surface area contributed by atoms with Crippen LogP contribution in [0.15, 0.2) is 78.9 Å². The van der Waals surface area contributed by atoms with Crippen molar-refractivity contribution in [3.8, 4) is 5.75 Å². The molecule has 0 heterocycles. The Kier molecular flexibility index (Phi) is 5.85. The second-order valence-corrected chi connectivity index (χ2v) is 7.66. The van der Waals surface area contributed by atoms with E-state index in [1.165, 1.54) is 16.7 Å². The zero-order chi connectivity index (χ0) is 21.8. The summed E-state index contributed by atoms with van der Waals surface area (Å²) in [5, 5.41) is 11.4. The predicted octanol–water partition coefficient (Wildman–Crippen LogP) is 6.90. The number of ether oxygens (including phenoxy) is 1. The van der Waals surface area contributed by atoms with Crippen LogP contribution in [-0.4, -0.2) is 11.1 Å². The van der Waals surface area contributed by atoms with Gasteiger partial charge in [-0.15, -0.1) is 0 Å². The summed E-state index contributed by atoms with van der Waals surface area (Å²) in [4.78, 5) is 11.7. The largest absolute Gasteiger partial charge is 0.489 e. The number of carboxylic acid groups (broad SMARTS) is 1. The van der Waals surface area contributed by atoms with Gasteiger partial charge in [0.2, 0.25) is 0 Å². The van der Waals surface area contributed by atoms with Crippen LogP contribution in [-0.2, 0) is 6.61 Å². The van der Waals surface area contributed by atoms with Gasteiger partial charge in [0.05, 0.1) is 5.56 Å². The Morgan fingerprint density at radius 1 is 0.871 bits per heavy atom. The maximum Gasteiger partial charge on any atom is 0.335 e. The third-order valence-corrected chi connectivity index (χ3v) is 5.49. The quantitative estimate of drug-likeness (QED) is 0.353. The van der Waals surface area contributed by atoms with Gasteiger partial charge in [0.1, 0.15) is 12.4 Å². The van der Waals surface area contributed by atoms with Crippen molar-refractivity contribution in [2.24, 2.45) is 0 Å². The Labute approximate surface area is 182 Å². The van der Waals surface area contributed by atoms with Crippen molar-refractivity contribution in [2.45, 2.75) is 20.5 Å². The van der Waals surface area contributed by atoms with Gasteiger partial charge in [-0.3, -0.25) is 0 Å². The molecule has 0 bridgehead atoms. The number of rotatable bonds is 6. The molecule has 0 aromatic heterocycles.